The second kappa shape index (κ2) is 8.61. The van der Waals surface area contributed by atoms with Crippen molar-refractivity contribution in [3.63, 3.8) is 0 Å². The maximum absolute atomic E-state index is 12.6. The minimum Gasteiger partial charge on any atom is -0.379 e. The van der Waals surface area contributed by atoms with E-state index < -0.39 is 0 Å². The first-order chi connectivity index (χ1) is 11.8. The Morgan fingerprint density at radius 1 is 1.54 bits per heavy atom. The van der Waals surface area contributed by atoms with Gasteiger partial charge in [0.1, 0.15) is 11.0 Å². The number of hydrogen-bond donors (Lipinski definition) is 1. The molecule has 0 aliphatic carbocycles. The quantitative estimate of drug-likeness (QED) is 0.805. The minimum atomic E-state index is -0.181. The third-order valence-corrected chi connectivity index (χ3v) is 5.20. The van der Waals surface area contributed by atoms with Crippen molar-refractivity contribution in [2.75, 3.05) is 13.2 Å². The van der Waals surface area contributed by atoms with Gasteiger partial charge in [-0.1, -0.05) is 17.8 Å². The second-order valence-electron chi connectivity index (χ2n) is 5.57. The topological polar surface area (TPSA) is 86.2 Å². The summed E-state index contributed by atoms with van der Waals surface area (Å²) in [6.45, 7) is 3.57. The van der Waals surface area contributed by atoms with Crippen LogP contribution in [0.2, 0.25) is 0 Å². The van der Waals surface area contributed by atoms with Gasteiger partial charge in [-0.2, -0.15) is 0 Å². The second-order valence-corrected chi connectivity index (χ2v) is 7.04. The summed E-state index contributed by atoms with van der Waals surface area (Å²) in [4.78, 5) is 17.4. The third kappa shape index (κ3) is 4.35. The van der Waals surface area contributed by atoms with Crippen molar-refractivity contribution in [1.29, 1.82) is 0 Å². The Labute approximate surface area is 148 Å². The fourth-order valence-electron chi connectivity index (χ4n) is 2.56. The molecule has 2 aromatic rings. The summed E-state index contributed by atoms with van der Waals surface area (Å²) >= 11 is 2.68. The van der Waals surface area contributed by atoms with Crippen LogP contribution in [0.15, 0.2) is 10.9 Å². The lowest BCUT2D eigenvalue weighted by atomic mass is 10.1. The summed E-state index contributed by atoms with van der Waals surface area (Å²) in [5.74, 6) is -0.123. The monoisotopic (exact) mass is 368 g/mol. The van der Waals surface area contributed by atoms with E-state index in [0.29, 0.717) is 24.7 Å². The molecule has 3 rings (SSSR count). The Morgan fingerprint density at radius 2 is 2.46 bits per heavy atom. The van der Waals surface area contributed by atoms with E-state index in [9.17, 15) is 4.79 Å². The molecule has 2 aromatic heterocycles. The lowest BCUT2D eigenvalue weighted by Crippen LogP contribution is -2.50. The van der Waals surface area contributed by atoms with Gasteiger partial charge in [0.15, 0.2) is 0 Å². The molecule has 0 radical (unpaired) electrons. The smallest absolute Gasteiger partial charge is 0.265 e. The predicted molar refractivity (Wildman–Crippen MR) is 91.3 cm³/mol. The number of aromatic nitrogens is 3. The molecule has 9 heteroatoms. The number of amides is 1. The molecule has 1 aliphatic heterocycles. The molecule has 2 atom stereocenters. The maximum Gasteiger partial charge on any atom is 0.265 e. The number of nitrogens with zero attached hydrogens (tertiary/aromatic N) is 3. The van der Waals surface area contributed by atoms with Crippen LogP contribution in [0.3, 0.4) is 0 Å². The molecule has 130 valence electrons. The minimum absolute atomic E-state index is 0.0820. The number of carbonyl (C=O) groups excluding carboxylic acids is 1. The van der Waals surface area contributed by atoms with E-state index in [4.69, 9.17) is 9.47 Å². The van der Waals surface area contributed by atoms with Gasteiger partial charge < -0.3 is 14.8 Å². The zero-order valence-corrected chi connectivity index (χ0v) is 15.1. The zero-order valence-electron chi connectivity index (χ0n) is 13.4. The van der Waals surface area contributed by atoms with Gasteiger partial charge in [-0.15, -0.1) is 16.4 Å². The molecule has 3 heterocycles. The number of carbonyl (C=O) groups is 1. The first kappa shape index (κ1) is 17.4. The Morgan fingerprint density at radius 3 is 3.25 bits per heavy atom. The summed E-state index contributed by atoms with van der Waals surface area (Å²) in [5.41, 5.74) is 3.45. The van der Waals surface area contributed by atoms with Crippen molar-refractivity contribution < 1.29 is 14.3 Å². The van der Waals surface area contributed by atoms with Crippen molar-refractivity contribution in [2.45, 2.75) is 44.9 Å². The van der Waals surface area contributed by atoms with Gasteiger partial charge in [0.25, 0.3) is 5.91 Å². The summed E-state index contributed by atoms with van der Waals surface area (Å²) < 4.78 is 15.3. The van der Waals surface area contributed by atoms with Gasteiger partial charge in [0.05, 0.1) is 36.2 Å². The Balaban J connectivity index is 1.60. The largest absolute Gasteiger partial charge is 0.379 e. The summed E-state index contributed by atoms with van der Waals surface area (Å²) in [6.07, 6.45) is 2.24. The molecular weight excluding hydrogens is 348 g/mol. The molecule has 0 unspecified atom stereocenters. The highest BCUT2D eigenvalue weighted by molar-refractivity contribution is 7.08. The van der Waals surface area contributed by atoms with Gasteiger partial charge in [0, 0.05) is 12.0 Å². The van der Waals surface area contributed by atoms with Crippen LogP contribution in [0.25, 0.3) is 0 Å². The van der Waals surface area contributed by atoms with Gasteiger partial charge in [-0.25, -0.2) is 4.98 Å². The van der Waals surface area contributed by atoms with Crippen LogP contribution in [-0.2, 0) is 22.5 Å². The summed E-state index contributed by atoms with van der Waals surface area (Å²) in [6, 6.07) is -0.0820. The summed E-state index contributed by atoms with van der Waals surface area (Å²) in [7, 11) is 0. The van der Waals surface area contributed by atoms with E-state index in [2.05, 4.69) is 26.8 Å². The average molecular weight is 368 g/mol. The van der Waals surface area contributed by atoms with Gasteiger partial charge in [0.2, 0.25) is 0 Å². The predicted octanol–water partition coefficient (Wildman–Crippen LogP) is 2.05. The third-order valence-electron chi connectivity index (χ3n) is 3.80. The molecule has 0 bridgehead atoms. The number of hydrogen-bond acceptors (Lipinski definition) is 8. The van der Waals surface area contributed by atoms with Gasteiger partial charge in [-0.05, 0) is 24.4 Å². The van der Waals surface area contributed by atoms with E-state index in [0.717, 1.165) is 42.2 Å². The molecular formula is C15H20N4O3S2. The van der Waals surface area contributed by atoms with Gasteiger partial charge in [-0.3, -0.25) is 4.79 Å². The number of nitrogens with one attached hydrogen (secondary N) is 1. The van der Waals surface area contributed by atoms with Crippen LogP contribution < -0.4 is 5.32 Å². The maximum atomic E-state index is 12.6. The van der Waals surface area contributed by atoms with E-state index in [1.165, 1.54) is 11.3 Å². The molecule has 0 spiro atoms. The standard InChI is InChI=1S/C15H20N4O3S2/c1-2-3-12-14(24-19-18-12)15(20)17-11-4-5-21-7-13(11)22-6-10-8-23-9-16-10/h8-9,11,13H,2-7H2,1H3,(H,17,20)/t11-,13-/m1/s1. The molecule has 0 aromatic carbocycles. The van der Waals surface area contributed by atoms with Crippen LogP contribution in [0.4, 0.5) is 0 Å². The normalized spacial score (nSPS) is 20.9. The zero-order chi connectivity index (χ0) is 16.8. The average Bonchev–Trinajstić information content (AvgIpc) is 3.26. The van der Waals surface area contributed by atoms with Crippen molar-refractivity contribution in [1.82, 2.24) is 19.9 Å². The molecule has 7 nitrogen and oxygen atoms in total. The van der Waals surface area contributed by atoms with Crippen LogP contribution in [0, 0.1) is 0 Å². The Hall–Kier alpha value is -1.42. The Bertz CT molecular complexity index is 647. The first-order valence-corrected chi connectivity index (χ1v) is 9.68. The highest BCUT2D eigenvalue weighted by Crippen LogP contribution is 2.17. The fourth-order valence-corrected chi connectivity index (χ4v) is 3.71. The first-order valence-electron chi connectivity index (χ1n) is 7.96. The van der Waals surface area contributed by atoms with Crippen molar-refractivity contribution in [2.24, 2.45) is 0 Å². The SMILES string of the molecule is CCCc1nnsc1C(=O)N[C@@H]1CCOC[C@H]1OCc1cscn1. The van der Waals surface area contributed by atoms with Crippen LogP contribution in [-0.4, -0.2) is 45.8 Å². The number of ether oxygens (including phenoxy) is 2. The highest BCUT2D eigenvalue weighted by Gasteiger charge is 2.29. The van der Waals surface area contributed by atoms with Crippen LogP contribution in [0.5, 0.6) is 0 Å². The van der Waals surface area contributed by atoms with E-state index >= 15 is 0 Å². The van der Waals surface area contributed by atoms with E-state index in [1.54, 1.807) is 5.51 Å². The Kier molecular flexibility index (Phi) is 6.24. The summed E-state index contributed by atoms with van der Waals surface area (Å²) in [5, 5.41) is 9.08. The number of aryl methyl sites for hydroxylation is 1. The van der Waals surface area contributed by atoms with Crippen molar-refractivity contribution in [3.8, 4) is 0 Å². The molecule has 1 saturated heterocycles. The number of rotatable bonds is 7. The van der Waals surface area contributed by atoms with E-state index in [-0.39, 0.29) is 18.1 Å². The molecule has 24 heavy (non-hydrogen) atoms. The van der Waals surface area contributed by atoms with Crippen molar-refractivity contribution in [3.05, 3.63) is 27.2 Å². The van der Waals surface area contributed by atoms with Crippen molar-refractivity contribution >= 4 is 28.8 Å². The molecule has 1 aliphatic rings. The van der Waals surface area contributed by atoms with Crippen LogP contribution >= 0.6 is 22.9 Å². The number of thiazole rings is 1. The molecule has 0 saturated carbocycles. The van der Waals surface area contributed by atoms with E-state index in [1.807, 2.05) is 5.38 Å². The molecule has 1 fully saturated rings. The lowest BCUT2D eigenvalue weighted by Gasteiger charge is -2.31. The van der Waals surface area contributed by atoms with Gasteiger partial charge >= 0.3 is 0 Å². The highest BCUT2D eigenvalue weighted by atomic mass is 32.1. The fraction of sp³-hybridized carbons (Fsp3) is 0.600. The lowest BCUT2D eigenvalue weighted by molar-refractivity contribution is -0.0742. The van der Waals surface area contributed by atoms with Crippen LogP contribution in [0.1, 0.15) is 40.8 Å². The molecule has 1 amide bonds. The molecule has 1 N–H and O–H groups in total.